The predicted octanol–water partition coefficient (Wildman–Crippen LogP) is -1.98. The predicted molar refractivity (Wildman–Crippen MR) is 92.3 cm³/mol. The van der Waals surface area contributed by atoms with Crippen molar-refractivity contribution in [1.82, 2.24) is 0 Å². The van der Waals surface area contributed by atoms with Crippen molar-refractivity contribution in [2.24, 2.45) is 17.3 Å². The third-order valence-electron chi connectivity index (χ3n) is 4.57. The van der Waals surface area contributed by atoms with E-state index in [0.29, 0.717) is 0 Å². The van der Waals surface area contributed by atoms with Crippen LogP contribution in [0.2, 0.25) is 0 Å². The number of carbonyl (C=O) groups is 3. The van der Waals surface area contributed by atoms with Gasteiger partial charge in [-0.05, 0) is 31.6 Å². The molecule has 1 fully saturated rings. The maximum Gasteiger partial charge on any atom is 1.00 e. The van der Waals surface area contributed by atoms with E-state index in [1.54, 1.807) is 0 Å². The molecule has 1 aliphatic heterocycles. The molecule has 0 bridgehead atoms. The monoisotopic (exact) mass is 446 g/mol. The summed E-state index contributed by atoms with van der Waals surface area (Å²) in [6.07, 6.45) is 0.514. The zero-order chi connectivity index (χ0) is 20.7. The van der Waals surface area contributed by atoms with Crippen LogP contribution in [0.5, 0.6) is 0 Å². The van der Waals surface area contributed by atoms with Crippen molar-refractivity contribution >= 4 is 28.0 Å². The minimum atomic E-state index is -4.30. The summed E-state index contributed by atoms with van der Waals surface area (Å²) in [6.45, 7) is 4.45. The Morgan fingerprint density at radius 2 is 1.57 bits per heavy atom. The quantitative estimate of drug-likeness (QED) is 0.149. The Morgan fingerprint density at radius 3 is 2.00 bits per heavy atom. The van der Waals surface area contributed by atoms with Crippen molar-refractivity contribution < 1.29 is 92.9 Å². The van der Waals surface area contributed by atoms with Crippen LogP contribution in [-0.4, -0.2) is 56.5 Å². The van der Waals surface area contributed by atoms with Crippen molar-refractivity contribution in [1.29, 1.82) is 0 Å². The molecule has 1 rings (SSSR count). The molecule has 1 aliphatic rings. The van der Waals surface area contributed by atoms with Crippen LogP contribution in [-0.2, 0) is 38.7 Å². The van der Waals surface area contributed by atoms with Gasteiger partial charge in [0.05, 0.1) is 16.7 Å². The van der Waals surface area contributed by atoms with E-state index in [9.17, 15) is 27.4 Å². The number of esters is 3. The fourth-order valence-electron chi connectivity index (χ4n) is 2.41. The number of unbranched alkanes of at least 4 members (excludes halogenated alkanes) is 1. The van der Waals surface area contributed by atoms with Crippen LogP contribution in [0.25, 0.3) is 0 Å². The molecule has 0 aromatic carbocycles. The van der Waals surface area contributed by atoms with E-state index >= 15 is 0 Å². The molecule has 1 saturated heterocycles. The first-order valence-electron chi connectivity index (χ1n) is 8.85. The summed E-state index contributed by atoms with van der Waals surface area (Å²) < 4.78 is 47.1. The fraction of sp³-hybridized carbons (Fsp3) is 0.824. The van der Waals surface area contributed by atoms with Gasteiger partial charge in [0, 0.05) is 18.6 Å². The van der Waals surface area contributed by atoms with Gasteiger partial charge in [-0.2, -0.15) is 0 Å². The molecule has 0 aromatic rings. The first kappa shape index (κ1) is 28.0. The summed E-state index contributed by atoms with van der Waals surface area (Å²) >= 11 is 0. The molecule has 0 aromatic heterocycles. The van der Waals surface area contributed by atoms with Gasteiger partial charge in [0.15, 0.2) is 0 Å². The summed E-state index contributed by atoms with van der Waals surface area (Å²) in [5, 5.41) is 0. The fourth-order valence-corrected chi connectivity index (χ4v) is 2.96. The van der Waals surface area contributed by atoms with Crippen molar-refractivity contribution in [2.45, 2.75) is 46.5 Å². The second-order valence-corrected chi connectivity index (χ2v) is 8.87. The second-order valence-electron chi connectivity index (χ2n) is 7.35. The van der Waals surface area contributed by atoms with Gasteiger partial charge in [-0.25, -0.2) is 8.42 Å². The first-order chi connectivity index (χ1) is 12.4. The molecule has 0 saturated carbocycles. The number of carbonyl (C=O) groups excluding carboxylic acids is 3. The van der Waals surface area contributed by atoms with Crippen molar-refractivity contribution in [3.05, 3.63) is 0 Å². The SMILES string of the molecule is CC1CC(=O)OCC(C)(C(=O)OCCCCS(=O)(=O)[O-])COC(=O)CC1C.[K+]. The molecular weight excluding hydrogens is 419 g/mol. The Bertz CT molecular complexity index is 621. The van der Waals surface area contributed by atoms with Crippen LogP contribution in [0.3, 0.4) is 0 Å². The molecule has 156 valence electrons. The average Bonchev–Trinajstić information content (AvgIpc) is 2.57. The number of ether oxygens (including phenoxy) is 3. The van der Waals surface area contributed by atoms with Crippen LogP contribution >= 0.6 is 0 Å². The average molecular weight is 447 g/mol. The molecule has 28 heavy (non-hydrogen) atoms. The van der Waals surface area contributed by atoms with E-state index in [-0.39, 0.29) is 109 Å². The van der Waals surface area contributed by atoms with E-state index in [2.05, 4.69) is 0 Å². The molecule has 2 unspecified atom stereocenters. The van der Waals surface area contributed by atoms with Gasteiger partial charge >= 0.3 is 69.3 Å². The molecule has 0 N–H and O–H groups in total. The van der Waals surface area contributed by atoms with Gasteiger partial charge in [0.1, 0.15) is 18.6 Å². The summed E-state index contributed by atoms with van der Waals surface area (Å²) in [5.41, 5.74) is -1.37. The smallest absolute Gasteiger partial charge is 0.748 e. The Labute approximate surface area is 208 Å². The molecule has 9 nitrogen and oxygen atoms in total. The van der Waals surface area contributed by atoms with Crippen molar-refractivity contribution in [3.8, 4) is 0 Å². The maximum absolute atomic E-state index is 12.4. The van der Waals surface area contributed by atoms with E-state index in [4.69, 9.17) is 14.2 Å². The third-order valence-corrected chi connectivity index (χ3v) is 5.36. The van der Waals surface area contributed by atoms with Gasteiger partial charge in [-0.15, -0.1) is 0 Å². The topological polar surface area (TPSA) is 136 Å². The first-order valence-corrected chi connectivity index (χ1v) is 10.4. The Balaban J connectivity index is 0.00000729. The number of cyclic esters (lactones) is 2. The van der Waals surface area contributed by atoms with Crippen LogP contribution in [0, 0.1) is 17.3 Å². The molecular formula is C17H27KO9S. The minimum Gasteiger partial charge on any atom is -0.748 e. The summed E-state index contributed by atoms with van der Waals surface area (Å²) in [6, 6.07) is 0. The molecule has 1 heterocycles. The molecule has 2 atom stereocenters. The van der Waals surface area contributed by atoms with Gasteiger partial charge < -0.3 is 18.8 Å². The van der Waals surface area contributed by atoms with Gasteiger partial charge in [-0.3, -0.25) is 14.4 Å². The Morgan fingerprint density at radius 1 is 1.11 bits per heavy atom. The summed E-state index contributed by atoms with van der Waals surface area (Å²) in [4.78, 5) is 36.3. The van der Waals surface area contributed by atoms with E-state index in [1.807, 2.05) is 13.8 Å². The van der Waals surface area contributed by atoms with Gasteiger partial charge in [0.2, 0.25) is 0 Å². The van der Waals surface area contributed by atoms with E-state index in [0.717, 1.165) is 0 Å². The zero-order valence-electron chi connectivity index (χ0n) is 16.9. The number of hydrogen-bond acceptors (Lipinski definition) is 9. The molecule has 0 spiro atoms. The van der Waals surface area contributed by atoms with Crippen LogP contribution in [0.15, 0.2) is 0 Å². The van der Waals surface area contributed by atoms with E-state index < -0.39 is 39.2 Å². The van der Waals surface area contributed by atoms with E-state index in [1.165, 1.54) is 6.92 Å². The van der Waals surface area contributed by atoms with Gasteiger partial charge in [-0.1, -0.05) is 13.8 Å². The maximum atomic E-state index is 12.4. The normalized spacial score (nSPS) is 26.9. The molecule has 0 amide bonds. The minimum absolute atomic E-state index is 0. The third kappa shape index (κ3) is 10.7. The molecule has 0 radical (unpaired) electrons. The summed E-state index contributed by atoms with van der Waals surface area (Å²) in [7, 11) is -4.30. The standard InChI is InChI=1S/C17H28O9S.K/c1-12-8-14(18)25-10-17(3,11-26-15(19)9-13(12)2)16(20)24-6-4-5-7-27(21,22)23;/h12-13H,4-11H2,1-3H3,(H,21,22,23);/q;+1/p-1. The molecule has 0 aliphatic carbocycles. The van der Waals surface area contributed by atoms with Gasteiger partial charge in [0.25, 0.3) is 0 Å². The van der Waals surface area contributed by atoms with Crippen molar-refractivity contribution in [3.63, 3.8) is 0 Å². The Kier molecular flexibility index (Phi) is 12.6. The van der Waals surface area contributed by atoms with Crippen LogP contribution in [0.1, 0.15) is 46.5 Å². The van der Waals surface area contributed by atoms with Crippen LogP contribution < -0.4 is 51.4 Å². The second kappa shape index (κ2) is 12.6. The largest absolute Gasteiger partial charge is 1.00 e. The van der Waals surface area contributed by atoms with Crippen molar-refractivity contribution in [2.75, 3.05) is 25.6 Å². The summed E-state index contributed by atoms with van der Waals surface area (Å²) in [5.74, 6) is -2.34. The molecule has 11 heteroatoms. The number of hydrogen-bond donors (Lipinski definition) is 0. The number of rotatable bonds is 6. The van der Waals surface area contributed by atoms with Crippen LogP contribution in [0.4, 0.5) is 0 Å². The zero-order valence-corrected chi connectivity index (χ0v) is 20.8. The Hall–Kier alpha value is -0.0436.